The first-order chi connectivity index (χ1) is 8.04. The van der Waals surface area contributed by atoms with Gasteiger partial charge >= 0.3 is 5.97 Å². The van der Waals surface area contributed by atoms with Crippen LogP contribution in [-0.2, 0) is 4.79 Å². The Morgan fingerprint density at radius 3 is 2.59 bits per heavy atom. The van der Waals surface area contributed by atoms with Crippen LogP contribution in [0.2, 0.25) is 0 Å². The Hall–Kier alpha value is -1.55. The Morgan fingerprint density at radius 2 is 2.06 bits per heavy atom. The van der Waals surface area contributed by atoms with Crippen molar-refractivity contribution in [3.63, 3.8) is 0 Å². The summed E-state index contributed by atoms with van der Waals surface area (Å²) in [7, 11) is 0. The molecule has 1 aromatic carbocycles. The zero-order valence-corrected chi connectivity index (χ0v) is 10.4. The summed E-state index contributed by atoms with van der Waals surface area (Å²) in [5.41, 5.74) is 9.00. The van der Waals surface area contributed by atoms with Crippen molar-refractivity contribution in [1.82, 2.24) is 0 Å². The number of anilines is 1. The minimum Gasteiger partial charge on any atom is -0.481 e. The predicted octanol–water partition coefficient (Wildman–Crippen LogP) is 1.54. The molecule has 0 radical (unpaired) electrons. The molecule has 4 nitrogen and oxygen atoms in total. The zero-order chi connectivity index (χ0) is 12.8. The molecule has 0 atom stereocenters. The van der Waals surface area contributed by atoms with Crippen LogP contribution in [0.25, 0.3) is 0 Å². The SMILES string of the molecule is Cc1ccc(N(CCN)CCC(=O)O)c(C)c1. The Labute approximate surface area is 102 Å². The second-order valence-electron chi connectivity index (χ2n) is 4.21. The third-order valence-corrected chi connectivity index (χ3v) is 2.69. The Balaban J connectivity index is 2.84. The summed E-state index contributed by atoms with van der Waals surface area (Å²) >= 11 is 0. The van der Waals surface area contributed by atoms with Gasteiger partial charge in [-0.15, -0.1) is 0 Å². The Kier molecular flexibility index (Phi) is 4.97. The third kappa shape index (κ3) is 4.07. The lowest BCUT2D eigenvalue weighted by molar-refractivity contribution is -0.136. The van der Waals surface area contributed by atoms with E-state index in [0.29, 0.717) is 19.6 Å². The number of rotatable bonds is 6. The molecule has 0 saturated heterocycles. The van der Waals surface area contributed by atoms with E-state index in [2.05, 4.69) is 6.07 Å². The van der Waals surface area contributed by atoms with Gasteiger partial charge in [0.1, 0.15) is 0 Å². The maximum absolute atomic E-state index is 10.6. The van der Waals surface area contributed by atoms with Crippen molar-refractivity contribution in [3.8, 4) is 0 Å². The molecule has 0 spiro atoms. The maximum Gasteiger partial charge on any atom is 0.305 e. The highest BCUT2D eigenvalue weighted by Gasteiger charge is 2.10. The Morgan fingerprint density at radius 1 is 1.35 bits per heavy atom. The molecule has 0 saturated carbocycles. The summed E-state index contributed by atoms with van der Waals surface area (Å²) in [4.78, 5) is 12.7. The summed E-state index contributed by atoms with van der Waals surface area (Å²) in [6.07, 6.45) is 0.132. The van der Waals surface area contributed by atoms with E-state index in [1.54, 1.807) is 0 Å². The minimum atomic E-state index is -0.781. The quantitative estimate of drug-likeness (QED) is 0.786. The standard InChI is InChI=1S/C13H20N2O2/c1-10-3-4-12(11(2)9-10)15(8-6-14)7-5-13(16)17/h3-4,9H,5-8,14H2,1-2H3,(H,16,17). The Bertz CT molecular complexity index is 391. The molecule has 1 aromatic rings. The molecule has 0 fully saturated rings. The topological polar surface area (TPSA) is 66.6 Å². The molecule has 0 aromatic heterocycles. The summed E-state index contributed by atoms with van der Waals surface area (Å²) in [6.45, 7) is 5.77. The molecule has 0 unspecified atom stereocenters. The van der Waals surface area contributed by atoms with Crippen molar-refractivity contribution in [2.75, 3.05) is 24.5 Å². The van der Waals surface area contributed by atoms with Gasteiger partial charge in [0.2, 0.25) is 0 Å². The van der Waals surface area contributed by atoms with Crippen LogP contribution in [-0.4, -0.2) is 30.7 Å². The molecule has 0 amide bonds. The van der Waals surface area contributed by atoms with Gasteiger partial charge in [-0.1, -0.05) is 17.7 Å². The molecule has 1 rings (SSSR count). The van der Waals surface area contributed by atoms with E-state index in [1.807, 2.05) is 30.9 Å². The molecular weight excluding hydrogens is 216 g/mol. The first kappa shape index (κ1) is 13.5. The van der Waals surface area contributed by atoms with Gasteiger partial charge in [-0.25, -0.2) is 0 Å². The monoisotopic (exact) mass is 236 g/mol. The number of aryl methyl sites for hydroxylation is 2. The van der Waals surface area contributed by atoms with Crippen LogP contribution in [0.3, 0.4) is 0 Å². The molecule has 0 aliphatic rings. The molecule has 17 heavy (non-hydrogen) atoms. The lowest BCUT2D eigenvalue weighted by Gasteiger charge is -2.25. The van der Waals surface area contributed by atoms with Crippen LogP contribution in [0, 0.1) is 13.8 Å². The van der Waals surface area contributed by atoms with E-state index in [9.17, 15) is 4.79 Å². The van der Waals surface area contributed by atoms with Crippen LogP contribution < -0.4 is 10.6 Å². The smallest absolute Gasteiger partial charge is 0.305 e. The first-order valence-electron chi connectivity index (χ1n) is 5.78. The van der Waals surface area contributed by atoms with Crippen LogP contribution in [0.15, 0.2) is 18.2 Å². The van der Waals surface area contributed by atoms with Gasteiger partial charge in [-0.05, 0) is 25.5 Å². The number of carboxylic acids is 1. The summed E-state index contributed by atoms with van der Waals surface area (Å²) in [5, 5.41) is 8.73. The largest absolute Gasteiger partial charge is 0.481 e. The molecule has 0 heterocycles. The normalized spacial score (nSPS) is 10.3. The minimum absolute atomic E-state index is 0.132. The van der Waals surface area contributed by atoms with Gasteiger partial charge in [0, 0.05) is 25.3 Å². The lowest BCUT2D eigenvalue weighted by atomic mass is 10.1. The molecular formula is C13H20N2O2. The van der Waals surface area contributed by atoms with Gasteiger partial charge < -0.3 is 15.7 Å². The average Bonchev–Trinajstić information content (AvgIpc) is 2.24. The predicted molar refractivity (Wildman–Crippen MR) is 69.4 cm³/mol. The van der Waals surface area contributed by atoms with Gasteiger partial charge in [0.25, 0.3) is 0 Å². The number of hydrogen-bond acceptors (Lipinski definition) is 3. The second kappa shape index (κ2) is 6.25. The van der Waals surface area contributed by atoms with Crippen LogP contribution in [0.1, 0.15) is 17.5 Å². The number of aliphatic carboxylic acids is 1. The number of hydrogen-bond donors (Lipinski definition) is 2. The van der Waals surface area contributed by atoms with E-state index in [4.69, 9.17) is 10.8 Å². The van der Waals surface area contributed by atoms with E-state index in [1.165, 1.54) is 5.56 Å². The van der Waals surface area contributed by atoms with Gasteiger partial charge in [0.05, 0.1) is 6.42 Å². The van der Waals surface area contributed by atoms with Crippen molar-refractivity contribution < 1.29 is 9.90 Å². The zero-order valence-electron chi connectivity index (χ0n) is 10.4. The second-order valence-corrected chi connectivity index (χ2v) is 4.21. The van der Waals surface area contributed by atoms with E-state index in [-0.39, 0.29) is 6.42 Å². The van der Waals surface area contributed by atoms with Crippen LogP contribution in [0.4, 0.5) is 5.69 Å². The van der Waals surface area contributed by atoms with Crippen molar-refractivity contribution in [2.45, 2.75) is 20.3 Å². The average molecular weight is 236 g/mol. The van der Waals surface area contributed by atoms with Crippen molar-refractivity contribution >= 4 is 11.7 Å². The van der Waals surface area contributed by atoms with Crippen LogP contribution >= 0.6 is 0 Å². The fourth-order valence-corrected chi connectivity index (χ4v) is 1.90. The highest BCUT2D eigenvalue weighted by molar-refractivity contribution is 5.68. The van der Waals surface area contributed by atoms with Gasteiger partial charge in [-0.3, -0.25) is 4.79 Å². The summed E-state index contributed by atoms with van der Waals surface area (Å²) in [5.74, 6) is -0.781. The maximum atomic E-state index is 10.6. The fourth-order valence-electron chi connectivity index (χ4n) is 1.90. The number of nitrogens with zero attached hydrogens (tertiary/aromatic N) is 1. The van der Waals surface area contributed by atoms with Crippen LogP contribution in [0.5, 0.6) is 0 Å². The molecule has 4 heteroatoms. The summed E-state index contributed by atoms with van der Waals surface area (Å²) < 4.78 is 0. The molecule has 94 valence electrons. The fraction of sp³-hybridized carbons (Fsp3) is 0.462. The number of benzene rings is 1. The van der Waals surface area contributed by atoms with E-state index in [0.717, 1.165) is 11.3 Å². The van der Waals surface area contributed by atoms with E-state index >= 15 is 0 Å². The van der Waals surface area contributed by atoms with Gasteiger partial charge in [0.15, 0.2) is 0 Å². The lowest BCUT2D eigenvalue weighted by Crippen LogP contribution is -2.32. The molecule has 0 aliphatic heterocycles. The van der Waals surface area contributed by atoms with E-state index < -0.39 is 5.97 Å². The summed E-state index contributed by atoms with van der Waals surface area (Å²) in [6, 6.07) is 6.16. The molecule has 3 N–H and O–H groups in total. The molecule has 0 bridgehead atoms. The number of nitrogens with two attached hydrogens (primary N) is 1. The third-order valence-electron chi connectivity index (χ3n) is 2.69. The first-order valence-corrected chi connectivity index (χ1v) is 5.78. The number of carboxylic acid groups (broad SMARTS) is 1. The van der Waals surface area contributed by atoms with Gasteiger partial charge in [-0.2, -0.15) is 0 Å². The van der Waals surface area contributed by atoms with Crippen molar-refractivity contribution in [3.05, 3.63) is 29.3 Å². The molecule has 0 aliphatic carbocycles. The highest BCUT2D eigenvalue weighted by Crippen LogP contribution is 2.21. The van der Waals surface area contributed by atoms with Crippen molar-refractivity contribution in [2.24, 2.45) is 5.73 Å². The number of carbonyl (C=O) groups is 1. The highest BCUT2D eigenvalue weighted by atomic mass is 16.4. The van der Waals surface area contributed by atoms with Crippen molar-refractivity contribution in [1.29, 1.82) is 0 Å².